The lowest BCUT2D eigenvalue weighted by atomic mass is 10.2. The molecule has 0 atom stereocenters. The number of hydrogen-bond donors (Lipinski definition) is 2. The number of amides is 1. The minimum absolute atomic E-state index is 0.288. The first-order valence-corrected chi connectivity index (χ1v) is 6.66. The highest BCUT2D eigenvalue weighted by Crippen LogP contribution is 2.21. The SMILES string of the molecule is N#Cc1csc(CNc2ccc(Cl)c(C(N)=O)c2)c1. The quantitative estimate of drug-likeness (QED) is 0.909. The third kappa shape index (κ3) is 3.25. The number of nitrogens with two attached hydrogens (primary N) is 1. The molecule has 0 radical (unpaired) electrons. The number of nitriles is 1. The van der Waals surface area contributed by atoms with Crippen molar-refractivity contribution in [2.45, 2.75) is 6.54 Å². The first-order chi connectivity index (χ1) is 9.10. The van der Waals surface area contributed by atoms with Gasteiger partial charge < -0.3 is 11.1 Å². The first kappa shape index (κ1) is 13.4. The summed E-state index contributed by atoms with van der Waals surface area (Å²) < 4.78 is 0. The number of anilines is 1. The highest BCUT2D eigenvalue weighted by atomic mass is 35.5. The van der Waals surface area contributed by atoms with E-state index in [0.717, 1.165) is 10.6 Å². The van der Waals surface area contributed by atoms with Gasteiger partial charge in [-0.1, -0.05) is 11.6 Å². The Bertz CT molecular complexity index is 660. The third-order valence-electron chi connectivity index (χ3n) is 2.48. The number of nitrogens with zero attached hydrogens (tertiary/aromatic N) is 1. The predicted molar refractivity (Wildman–Crippen MR) is 76.3 cm³/mol. The van der Waals surface area contributed by atoms with Gasteiger partial charge in [-0.25, -0.2) is 0 Å². The van der Waals surface area contributed by atoms with Crippen molar-refractivity contribution in [3.05, 3.63) is 50.7 Å². The van der Waals surface area contributed by atoms with Gasteiger partial charge in [0, 0.05) is 22.5 Å². The fourth-order valence-corrected chi connectivity index (χ4v) is 2.51. The van der Waals surface area contributed by atoms with Crippen LogP contribution in [0.2, 0.25) is 5.02 Å². The number of halogens is 1. The Morgan fingerprint density at radius 2 is 2.26 bits per heavy atom. The van der Waals surface area contributed by atoms with Gasteiger partial charge in [0.05, 0.1) is 16.1 Å². The molecular weight excluding hydrogens is 282 g/mol. The van der Waals surface area contributed by atoms with Gasteiger partial charge in [0.2, 0.25) is 5.91 Å². The van der Waals surface area contributed by atoms with E-state index in [2.05, 4.69) is 11.4 Å². The van der Waals surface area contributed by atoms with Crippen molar-refractivity contribution < 1.29 is 4.79 Å². The lowest BCUT2D eigenvalue weighted by Gasteiger charge is -2.07. The summed E-state index contributed by atoms with van der Waals surface area (Å²) in [6.45, 7) is 0.576. The molecule has 0 aliphatic carbocycles. The van der Waals surface area contributed by atoms with E-state index in [1.165, 1.54) is 11.3 Å². The molecule has 0 aliphatic rings. The lowest BCUT2D eigenvalue weighted by molar-refractivity contribution is 0.100. The van der Waals surface area contributed by atoms with Gasteiger partial charge in [-0.15, -0.1) is 11.3 Å². The van der Waals surface area contributed by atoms with E-state index in [1.807, 2.05) is 6.07 Å². The predicted octanol–water partition coefficient (Wildman–Crippen LogP) is 2.98. The fraction of sp³-hybridized carbons (Fsp3) is 0.0769. The van der Waals surface area contributed by atoms with Crippen LogP contribution >= 0.6 is 22.9 Å². The molecule has 19 heavy (non-hydrogen) atoms. The Morgan fingerprint density at radius 3 is 2.89 bits per heavy atom. The number of hydrogen-bond acceptors (Lipinski definition) is 4. The molecule has 0 spiro atoms. The molecule has 0 bridgehead atoms. The van der Waals surface area contributed by atoms with Gasteiger partial charge >= 0.3 is 0 Å². The lowest BCUT2D eigenvalue weighted by Crippen LogP contribution is -2.12. The van der Waals surface area contributed by atoms with Crippen LogP contribution in [0.3, 0.4) is 0 Å². The Morgan fingerprint density at radius 1 is 1.47 bits per heavy atom. The molecule has 0 saturated carbocycles. The van der Waals surface area contributed by atoms with E-state index in [0.29, 0.717) is 17.1 Å². The van der Waals surface area contributed by atoms with Gasteiger partial charge in [0.1, 0.15) is 6.07 Å². The summed E-state index contributed by atoms with van der Waals surface area (Å²) in [6, 6.07) is 8.91. The Labute approximate surface area is 119 Å². The molecule has 4 nitrogen and oxygen atoms in total. The number of rotatable bonds is 4. The third-order valence-corrected chi connectivity index (χ3v) is 3.75. The average molecular weight is 292 g/mol. The number of carbonyl (C=O) groups excluding carboxylic acids is 1. The monoisotopic (exact) mass is 291 g/mol. The normalized spacial score (nSPS) is 9.89. The number of primary amides is 1. The highest BCUT2D eigenvalue weighted by Gasteiger charge is 2.07. The second kappa shape index (κ2) is 5.74. The number of thiophene rings is 1. The zero-order valence-electron chi connectivity index (χ0n) is 9.81. The average Bonchev–Trinajstić information content (AvgIpc) is 2.85. The van der Waals surface area contributed by atoms with Crippen LogP contribution in [0.15, 0.2) is 29.6 Å². The van der Waals surface area contributed by atoms with Crippen molar-refractivity contribution in [1.29, 1.82) is 5.26 Å². The van der Waals surface area contributed by atoms with Gasteiger partial charge in [-0.05, 0) is 24.3 Å². The van der Waals surface area contributed by atoms with Gasteiger partial charge in [-0.2, -0.15) is 5.26 Å². The second-order valence-corrected chi connectivity index (χ2v) is 5.23. The number of benzene rings is 1. The van der Waals surface area contributed by atoms with Crippen LogP contribution in [0.1, 0.15) is 20.8 Å². The van der Waals surface area contributed by atoms with E-state index in [4.69, 9.17) is 22.6 Å². The molecule has 2 aromatic rings. The van der Waals surface area contributed by atoms with Crippen LogP contribution in [0.25, 0.3) is 0 Å². The maximum absolute atomic E-state index is 11.2. The van der Waals surface area contributed by atoms with Crippen molar-refractivity contribution in [2.75, 3.05) is 5.32 Å². The maximum Gasteiger partial charge on any atom is 0.250 e. The smallest absolute Gasteiger partial charge is 0.250 e. The molecule has 1 aromatic carbocycles. The molecule has 0 saturated heterocycles. The largest absolute Gasteiger partial charge is 0.380 e. The molecule has 6 heteroatoms. The number of carbonyl (C=O) groups is 1. The molecule has 1 amide bonds. The summed E-state index contributed by atoms with van der Waals surface area (Å²) in [5, 5.41) is 14.0. The van der Waals surface area contributed by atoms with Crippen LogP contribution in [0, 0.1) is 11.3 Å². The highest BCUT2D eigenvalue weighted by molar-refractivity contribution is 7.10. The van der Waals surface area contributed by atoms with Crippen molar-refractivity contribution in [1.82, 2.24) is 0 Å². The molecular formula is C13H10ClN3OS. The summed E-state index contributed by atoms with van der Waals surface area (Å²) in [6.07, 6.45) is 0. The molecule has 3 N–H and O–H groups in total. The van der Waals surface area contributed by atoms with Crippen molar-refractivity contribution >= 4 is 34.5 Å². The molecule has 2 rings (SSSR count). The summed E-state index contributed by atoms with van der Waals surface area (Å²) in [5.41, 5.74) is 6.92. The van der Waals surface area contributed by atoms with Crippen LogP contribution in [0.4, 0.5) is 5.69 Å². The van der Waals surface area contributed by atoms with E-state index in [1.54, 1.807) is 23.6 Å². The standard InChI is InChI=1S/C13H10ClN3OS/c14-12-2-1-9(4-11(12)13(16)18)17-6-10-3-8(5-15)7-19-10/h1-4,7,17H,6H2,(H2,16,18). The van der Waals surface area contributed by atoms with Gasteiger partial charge in [0.25, 0.3) is 0 Å². The van der Waals surface area contributed by atoms with E-state index >= 15 is 0 Å². The Balaban J connectivity index is 2.09. The minimum Gasteiger partial charge on any atom is -0.380 e. The van der Waals surface area contributed by atoms with E-state index < -0.39 is 5.91 Å². The van der Waals surface area contributed by atoms with Gasteiger partial charge in [-0.3, -0.25) is 4.79 Å². The van der Waals surface area contributed by atoms with Crippen molar-refractivity contribution in [3.8, 4) is 6.07 Å². The summed E-state index contributed by atoms with van der Waals surface area (Å²) in [7, 11) is 0. The second-order valence-electron chi connectivity index (χ2n) is 3.83. The topological polar surface area (TPSA) is 78.9 Å². The molecule has 0 aliphatic heterocycles. The maximum atomic E-state index is 11.2. The molecule has 0 fully saturated rings. The first-order valence-electron chi connectivity index (χ1n) is 5.41. The fourth-order valence-electron chi connectivity index (χ4n) is 1.55. The molecule has 1 aromatic heterocycles. The summed E-state index contributed by atoms with van der Waals surface area (Å²) in [4.78, 5) is 12.2. The van der Waals surface area contributed by atoms with E-state index in [9.17, 15) is 4.79 Å². The molecule has 96 valence electrons. The summed E-state index contributed by atoms with van der Waals surface area (Å²) >= 11 is 7.37. The van der Waals surface area contributed by atoms with Crippen LogP contribution < -0.4 is 11.1 Å². The zero-order chi connectivity index (χ0) is 13.8. The number of nitrogens with one attached hydrogen (secondary N) is 1. The Hall–Kier alpha value is -2.03. The van der Waals surface area contributed by atoms with Crippen molar-refractivity contribution in [2.24, 2.45) is 5.73 Å². The van der Waals surface area contributed by atoms with Crippen molar-refractivity contribution in [3.63, 3.8) is 0 Å². The molecule has 0 unspecified atom stereocenters. The molecule has 1 heterocycles. The minimum atomic E-state index is -0.559. The van der Waals surface area contributed by atoms with Gasteiger partial charge in [0.15, 0.2) is 0 Å². The summed E-state index contributed by atoms with van der Waals surface area (Å²) in [5.74, 6) is -0.559. The van der Waals surface area contributed by atoms with Crippen LogP contribution in [-0.2, 0) is 6.54 Å². The van der Waals surface area contributed by atoms with Crippen LogP contribution in [-0.4, -0.2) is 5.91 Å². The van der Waals surface area contributed by atoms with E-state index in [-0.39, 0.29) is 5.56 Å². The van der Waals surface area contributed by atoms with Crippen LogP contribution in [0.5, 0.6) is 0 Å². The zero-order valence-corrected chi connectivity index (χ0v) is 11.4. The Kier molecular flexibility index (Phi) is 4.05.